The van der Waals surface area contributed by atoms with Crippen LogP contribution in [0.15, 0.2) is 57.8 Å². The van der Waals surface area contributed by atoms with Gasteiger partial charge in [0.25, 0.3) is 0 Å². The molecule has 1 N–H and O–H groups in total. The van der Waals surface area contributed by atoms with Gasteiger partial charge in [0.2, 0.25) is 10.0 Å². The third kappa shape index (κ3) is 4.36. The van der Waals surface area contributed by atoms with Gasteiger partial charge in [-0.1, -0.05) is 6.07 Å². The number of alkyl halides is 3. The molecule has 6 nitrogen and oxygen atoms in total. The minimum atomic E-state index is -4.70. The molecule has 2 aromatic carbocycles. The highest BCUT2D eigenvalue weighted by molar-refractivity contribution is 7.93. The van der Waals surface area contributed by atoms with Crippen LogP contribution >= 0.6 is 11.3 Å². The molecule has 3 rings (SSSR count). The number of halogens is 3. The summed E-state index contributed by atoms with van der Waals surface area (Å²) in [5.41, 5.74) is 1.10. The number of sulfonamides is 1. The van der Waals surface area contributed by atoms with E-state index in [4.69, 9.17) is 0 Å². The first-order valence-corrected chi connectivity index (χ1v) is 12.3. The van der Waals surface area contributed by atoms with Crippen LogP contribution in [0.1, 0.15) is 19.4 Å². The zero-order valence-electron chi connectivity index (χ0n) is 15.8. The molecule has 0 unspecified atom stereocenters. The molecule has 0 atom stereocenters. The predicted molar refractivity (Wildman–Crippen MR) is 108 cm³/mol. The lowest BCUT2D eigenvalue weighted by Crippen LogP contribution is -2.44. The van der Waals surface area contributed by atoms with E-state index in [1.165, 1.54) is 43.4 Å². The molecular weight excluding hydrogens is 461 g/mol. The van der Waals surface area contributed by atoms with Crippen LogP contribution in [0.2, 0.25) is 0 Å². The van der Waals surface area contributed by atoms with Gasteiger partial charge in [0.1, 0.15) is 0 Å². The number of nitrogens with one attached hydrogen (secondary N) is 1. The summed E-state index contributed by atoms with van der Waals surface area (Å²) in [4.78, 5) is 3.46. The van der Waals surface area contributed by atoms with Crippen molar-refractivity contribution in [1.82, 2.24) is 9.71 Å². The first-order valence-electron chi connectivity index (χ1n) is 8.49. The highest BCUT2D eigenvalue weighted by Gasteiger charge is 2.39. The molecule has 0 radical (unpaired) electrons. The Kier molecular flexibility index (Phi) is 5.73. The summed E-state index contributed by atoms with van der Waals surface area (Å²) in [6.45, 7) is 1.96. The van der Waals surface area contributed by atoms with E-state index >= 15 is 0 Å². The van der Waals surface area contributed by atoms with Gasteiger partial charge in [0.05, 0.1) is 35.8 Å². The minimum absolute atomic E-state index is 0.0634. The van der Waals surface area contributed by atoms with Gasteiger partial charge in [-0.15, -0.1) is 11.3 Å². The highest BCUT2D eigenvalue weighted by Crippen LogP contribution is 2.33. The van der Waals surface area contributed by atoms with Crippen molar-refractivity contribution in [1.29, 1.82) is 0 Å². The standard InChI is InChI=1S/C18H17F3N2O4S3/c1-17(2,29(24,25)13-5-3-4-12(8-13)18(19,20)21)10-23-30(26,27)14-6-7-15-16(9-14)28-11-22-15/h3-9,11,23H,10H2,1-2H3. The summed E-state index contributed by atoms with van der Waals surface area (Å²) >= 11 is 1.25. The summed E-state index contributed by atoms with van der Waals surface area (Å²) in [6, 6.07) is 7.67. The Bertz CT molecular complexity index is 1300. The van der Waals surface area contributed by atoms with Gasteiger partial charge in [-0.05, 0) is 50.2 Å². The van der Waals surface area contributed by atoms with Crippen LogP contribution in [0.25, 0.3) is 10.2 Å². The average Bonchev–Trinajstić information content (AvgIpc) is 3.14. The fraction of sp³-hybridized carbons (Fsp3) is 0.278. The molecule has 3 aromatic rings. The Labute approximate surface area is 175 Å². The highest BCUT2D eigenvalue weighted by atomic mass is 32.2. The van der Waals surface area contributed by atoms with E-state index in [1.807, 2.05) is 0 Å². The summed E-state index contributed by atoms with van der Waals surface area (Å²) in [5.74, 6) is 0. The van der Waals surface area contributed by atoms with Gasteiger partial charge in [-0.3, -0.25) is 0 Å². The fourth-order valence-corrected chi connectivity index (χ4v) is 6.17. The van der Waals surface area contributed by atoms with Gasteiger partial charge >= 0.3 is 6.18 Å². The number of benzene rings is 2. The van der Waals surface area contributed by atoms with Crippen LogP contribution in [-0.2, 0) is 26.0 Å². The van der Waals surface area contributed by atoms with Gasteiger partial charge in [0, 0.05) is 6.54 Å². The van der Waals surface area contributed by atoms with E-state index in [0.717, 1.165) is 18.2 Å². The molecule has 0 aliphatic carbocycles. The second-order valence-corrected chi connectivity index (χ2v) is 12.3. The lowest BCUT2D eigenvalue weighted by atomic mass is 10.2. The second kappa shape index (κ2) is 7.59. The van der Waals surface area contributed by atoms with Gasteiger partial charge in [-0.2, -0.15) is 13.2 Å². The Balaban J connectivity index is 1.86. The van der Waals surface area contributed by atoms with Crippen molar-refractivity contribution in [3.8, 4) is 0 Å². The third-order valence-electron chi connectivity index (χ3n) is 4.50. The van der Waals surface area contributed by atoms with Crippen LogP contribution in [0.4, 0.5) is 13.2 Å². The summed E-state index contributed by atoms with van der Waals surface area (Å²) in [7, 11) is -8.34. The Morgan fingerprint density at radius 3 is 2.37 bits per heavy atom. The van der Waals surface area contributed by atoms with Gasteiger partial charge < -0.3 is 0 Å². The number of fused-ring (bicyclic) bond motifs is 1. The Hall–Kier alpha value is -2.02. The van der Waals surface area contributed by atoms with Crippen molar-refractivity contribution in [2.24, 2.45) is 0 Å². The summed E-state index contributed by atoms with van der Waals surface area (Å²) < 4.78 is 91.1. The van der Waals surface area contributed by atoms with E-state index in [-0.39, 0.29) is 4.90 Å². The quantitative estimate of drug-likeness (QED) is 0.581. The number of thiazole rings is 1. The molecule has 162 valence electrons. The largest absolute Gasteiger partial charge is 0.416 e. The van der Waals surface area contributed by atoms with E-state index in [1.54, 1.807) is 5.51 Å². The van der Waals surface area contributed by atoms with Crippen molar-refractivity contribution >= 4 is 41.4 Å². The molecule has 1 heterocycles. The zero-order chi connectivity index (χ0) is 22.4. The van der Waals surface area contributed by atoms with Gasteiger partial charge in [-0.25, -0.2) is 26.5 Å². The normalized spacial score (nSPS) is 13.6. The fourth-order valence-electron chi connectivity index (χ4n) is 2.61. The van der Waals surface area contributed by atoms with Crippen LogP contribution in [0.3, 0.4) is 0 Å². The molecule has 0 saturated carbocycles. The Morgan fingerprint density at radius 2 is 1.70 bits per heavy atom. The maximum atomic E-state index is 12.9. The maximum absolute atomic E-state index is 12.9. The lowest BCUT2D eigenvalue weighted by Gasteiger charge is -2.25. The topological polar surface area (TPSA) is 93.2 Å². The number of rotatable bonds is 6. The lowest BCUT2D eigenvalue weighted by molar-refractivity contribution is -0.137. The first-order chi connectivity index (χ1) is 13.7. The van der Waals surface area contributed by atoms with E-state index < -0.39 is 47.8 Å². The summed E-state index contributed by atoms with van der Waals surface area (Å²) in [6.07, 6.45) is -4.70. The molecule has 12 heteroatoms. The molecule has 0 bridgehead atoms. The van der Waals surface area contributed by atoms with Crippen molar-refractivity contribution < 1.29 is 30.0 Å². The minimum Gasteiger partial charge on any atom is -0.245 e. The van der Waals surface area contributed by atoms with Crippen LogP contribution in [0, 0.1) is 0 Å². The second-order valence-electron chi connectivity index (χ2n) is 7.10. The molecule has 0 aliphatic rings. The van der Waals surface area contributed by atoms with Gasteiger partial charge in [0.15, 0.2) is 9.84 Å². The number of hydrogen-bond donors (Lipinski definition) is 1. The van der Waals surface area contributed by atoms with Crippen LogP contribution < -0.4 is 4.72 Å². The van der Waals surface area contributed by atoms with E-state index in [0.29, 0.717) is 16.3 Å². The average molecular weight is 479 g/mol. The monoisotopic (exact) mass is 478 g/mol. The molecule has 0 saturated heterocycles. The first kappa shape index (κ1) is 22.7. The zero-order valence-corrected chi connectivity index (χ0v) is 18.2. The van der Waals surface area contributed by atoms with Crippen molar-refractivity contribution in [2.75, 3.05) is 6.54 Å². The Morgan fingerprint density at radius 1 is 1.00 bits per heavy atom. The SMILES string of the molecule is CC(C)(CNS(=O)(=O)c1ccc2ncsc2c1)S(=O)(=O)c1cccc(C(F)(F)F)c1. The van der Waals surface area contributed by atoms with Crippen LogP contribution in [-0.4, -0.2) is 33.1 Å². The molecular formula is C18H17F3N2O4S3. The van der Waals surface area contributed by atoms with Crippen molar-refractivity contribution in [2.45, 2.75) is 34.6 Å². The predicted octanol–water partition coefficient (Wildman–Crippen LogP) is 3.85. The van der Waals surface area contributed by atoms with E-state index in [2.05, 4.69) is 9.71 Å². The molecule has 0 fully saturated rings. The number of aromatic nitrogens is 1. The summed E-state index contributed by atoms with van der Waals surface area (Å²) in [5, 5.41) is 0. The van der Waals surface area contributed by atoms with Crippen LogP contribution in [0.5, 0.6) is 0 Å². The molecule has 30 heavy (non-hydrogen) atoms. The number of hydrogen-bond acceptors (Lipinski definition) is 6. The molecule has 0 aliphatic heterocycles. The maximum Gasteiger partial charge on any atom is 0.416 e. The van der Waals surface area contributed by atoms with Crippen molar-refractivity contribution in [3.05, 3.63) is 53.5 Å². The third-order valence-corrected chi connectivity index (χ3v) is 9.16. The molecule has 0 spiro atoms. The smallest absolute Gasteiger partial charge is 0.245 e. The molecule has 1 aromatic heterocycles. The van der Waals surface area contributed by atoms with Crippen molar-refractivity contribution in [3.63, 3.8) is 0 Å². The van der Waals surface area contributed by atoms with E-state index in [9.17, 15) is 30.0 Å². The molecule has 0 amide bonds. The number of nitrogens with zero attached hydrogens (tertiary/aromatic N) is 1. The number of sulfone groups is 1.